The summed E-state index contributed by atoms with van der Waals surface area (Å²) < 4.78 is 29.8. The number of benzene rings is 2. The van der Waals surface area contributed by atoms with Gasteiger partial charge in [0.15, 0.2) is 5.69 Å². The van der Waals surface area contributed by atoms with E-state index in [0.29, 0.717) is 41.4 Å². The Bertz CT molecular complexity index is 1350. The number of aromatic carboxylic acids is 1. The molecule has 192 valence electrons. The monoisotopic (exact) mass is 530 g/mol. The Hall–Kier alpha value is -3.31. The number of nitrogens with one attached hydrogen (secondary N) is 2. The predicted octanol–water partition coefficient (Wildman–Crippen LogP) is 4.37. The summed E-state index contributed by atoms with van der Waals surface area (Å²) in [5.41, 5.74) is 1.99. The highest BCUT2D eigenvalue weighted by Crippen LogP contribution is 2.29. The van der Waals surface area contributed by atoms with Gasteiger partial charge in [0.25, 0.3) is 10.0 Å². The molecule has 0 radical (unpaired) electrons. The van der Waals surface area contributed by atoms with Crippen molar-refractivity contribution in [3.63, 3.8) is 0 Å². The minimum atomic E-state index is -4.13. The first kappa shape index (κ1) is 27.3. The van der Waals surface area contributed by atoms with E-state index in [-0.39, 0.29) is 17.1 Å². The van der Waals surface area contributed by atoms with Gasteiger partial charge in [-0.3, -0.25) is 0 Å². The van der Waals surface area contributed by atoms with Crippen LogP contribution in [0.1, 0.15) is 48.6 Å². The molecule has 3 aromatic rings. The zero-order chi connectivity index (χ0) is 26.3. The van der Waals surface area contributed by atoms with Gasteiger partial charge < -0.3 is 15.0 Å². The molecule has 0 unspecified atom stereocenters. The van der Waals surface area contributed by atoms with Crippen molar-refractivity contribution < 1.29 is 23.1 Å². The van der Waals surface area contributed by atoms with Crippen LogP contribution in [-0.4, -0.2) is 47.9 Å². The predicted molar refractivity (Wildman–Crippen MR) is 140 cm³/mol. The van der Waals surface area contributed by atoms with Gasteiger partial charge in [0, 0.05) is 25.1 Å². The zero-order valence-corrected chi connectivity index (χ0v) is 22.1. The molecule has 0 spiro atoms. The molecule has 2 aromatic carbocycles. The van der Waals surface area contributed by atoms with E-state index in [1.807, 2.05) is 26.0 Å². The first-order valence-corrected chi connectivity index (χ1v) is 14.3. The zero-order valence-electron chi connectivity index (χ0n) is 20.4. The van der Waals surface area contributed by atoms with Gasteiger partial charge in [0.05, 0.1) is 4.90 Å². The van der Waals surface area contributed by atoms with Crippen molar-refractivity contribution in [2.45, 2.75) is 49.6 Å². The number of carboxylic acids is 1. The highest BCUT2D eigenvalue weighted by molar-refractivity contribution is 7.98. The number of carbonyl (C=O) groups excluding carboxylic acids is 1. The van der Waals surface area contributed by atoms with Crippen LogP contribution < -0.4 is 10.0 Å². The number of rotatable bonds is 11. The summed E-state index contributed by atoms with van der Waals surface area (Å²) in [6.07, 6.45) is 3.92. The lowest BCUT2D eigenvalue weighted by molar-refractivity contribution is 0.0681. The van der Waals surface area contributed by atoms with E-state index < -0.39 is 22.0 Å². The van der Waals surface area contributed by atoms with Gasteiger partial charge in [0.2, 0.25) is 0 Å². The molecule has 0 aliphatic carbocycles. The highest BCUT2D eigenvalue weighted by atomic mass is 32.2. The van der Waals surface area contributed by atoms with Crippen LogP contribution in [0.4, 0.5) is 4.79 Å². The maximum absolute atomic E-state index is 13.0. The third-order valence-electron chi connectivity index (χ3n) is 5.40. The molecule has 0 atom stereocenters. The van der Waals surface area contributed by atoms with E-state index in [1.165, 1.54) is 17.8 Å². The van der Waals surface area contributed by atoms with Crippen molar-refractivity contribution in [3.05, 3.63) is 65.6 Å². The topological polar surface area (TPSA) is 130 Å². The van der Waals surface area contributed by atoms with E-state index in [1.54, 1.807) is 41.2 Å². The van der Waals surface area contributed by atoms with E-state index in [4.69, 9.17) is 0 Å². The number of amides is 2. The van der Waals surface area contributed by atoms with Gasteiger partial charge in [0.1, 0.15) is 10.9 Å². The van der Waals surface area contributed by atoms with Crippen LogP contribution in [0, 0.1) is 0 Å². The molecule has 0 saturated heterocycles. The Morgan fingerprint density at radius 3 is 2.50 bits per heavy atom. The van der Waals surface area contributed by atoms with Gasteiger partial charge in [-0.25, -0.2) is 27.7 Å². The lowest BCUT2D eigenvalue weighted by Gasteiger charge is -2.14. The fourth-order valence-corrected chi connectivity index (χ4v) is 5.57. The second-order valence-electron chi connectivity index (χ2n) is 8.09. The highest BCUT2D eigenvalue weighted by Gasteiger charge is 2.24. The van der Waals surface area contributed by atoms with Crippen LogP contribution in [0.15, 0.2) is 58.5 Å². The SMILES string of the molecule is CCCNC(=O)NS(=O)(=O)c1ccccc1-c1cccc(Cn2c(CCC)nc(SC)c2C(=O)O)c1. The molecule has 3 rings (SSSR count). The van der Waals surface area contributed by atoms with E-state index in [2.05, 4.69) is 15.0 Å². The van der Waals surface area contributed by atoms with Crippen molar-refractivity contribution in [2.24, 2.45) is 0 Å². The van der Waals surface area contributed by atoms with Crippen LogP contribution >= 0.6 is 11.8 Å². The molecule has 1 heterocycles. The summed E-state index contributed by atoms with van der Waals surface area (Å²) in [7, 11) is -4.13. The Labute approximate surface area is 215 Å². The van der Waals surface area contributed by atoms with E-state index >= 15 is 0 Å². The Morgan fingerprint density at radius 1 is 1.08 bits per heavy atom. The number of aryl methyl sites for hydroxylation is 1. The Balaban J connectivity index is 2.00. The number of hydrogen-bond donors (Lipinski definition) is 3. The lowest BCUT2D eigenvalue weighted by atomic mass is 10.0. The van der Waals surface area contributed by atoms with Crippen LogP contribution in [0.2, 0.25) is 0 Å². The van der Waals surface area contributed by atoms with Crippen molar-refractivity contribution in [1.29, 1.82) is 0 Å². The van der Waals surface area contributed by atoms with Crippen LogP contribution in [0.5, 0.6) is 0 Å². The smallest absolute Gasteiger partial charge is 0.355 e. The molecule has 9 nitrogen and oxygen atoms in total. The molecule has 0 fully saturated rings. The van der Waals surface area contributed by atoms with Gasteiger partial charge >= 0.3 is 12.0 Å². The van der Waals surface area contributed by atoms with Gasteiger partial charge in [-0.2, -0.15) is 0 Å². The summed E-state index contributed by atoms with van der Waals surface area (Å²) >= 11 is 1.29. The molecule has 0 bridgehead atoms. The van der Waals surface area contributed by atoms with Gasteiger partial charge in [-0.05, 0) is 42.4 Å². The molecule has 0 aliphatic heterocycles. The van der Waals surface area contributed by atoms with Crippen LogP contribution in [0.25, 0.3) is 11.1 Å². The maximum atomic E-state index is 13.0. The number of thioether (sulfide) groups is 1. The first-order chi connectivity index (χ1) is 17.2. The maximum Gasteiger partial charge on any atom is 0.355 e. The molecule has 36 heavy (non-hydrogen) atoms. The van der Waals surface area contributed by atoms with Crippen molar-refractivity contribution in [1.82, 2.24) is 19.6 Å². The molecule has 2 amide bonds. The summed E-state index contributed by atoms with van der Waals surface area (Å²) in [5, 5.41) is 12.8. The fourth-order valence-electron chi connectivity index (χ4n) is 3.82. The number of carboxylic acid groups (broad SMARTS) is 1. The average molecular weight is 531 g/mol. The Morgan fingerprint density at radius 2 is 1.83 bits per heavy atom. The van der Waals surface area contributed by atoms with Crippen molar-refractivity contribution >= 4 is 33.8 Å². The molecule has 0 aliphatic rings. The van der Waals surface area contributed by atoms with Gasteiger partial charge in [-0.15, -0.1) is 11.8 Å². The number of aromatic nitrogens is 2. The summed E-state index contributed by atoms with van der Waals surface area (Å²) in [5.74, 6) is -0.357. The van der Waals surface area contributed by atoms with Gasteiger partial charge in [-0.1, -0.05) is 50.2 Å². The van der Waals surface area contributed by atoms with E-state index in [0.717, 1.165) is 12.0 Å². The largest absolute Gasteiger partial charge is 0.476 e. The standard InChI is InChI=1S/C25H30N4O5S2/c1-4-9-21-27-23(35-3)22(24(30)31)29(21)16-17-10-8-11-18(15-17)19-12-6-7-13-20(19)36(33,34)28-25(32)26-14-5-2/h6-8,10-13,15H,4-5,9,14,16H2,1-3H3,(H,30,31)(H2,26,28,32). The molecule has 1 aromatic heterocycles. The van der Waals surface area contributed by atoms with Crippen molar-refractivity contribution in [3.8, 4) is 11.1 Å². The number of sulfonamides is 1. The van der Waals surface area contributed by atoms with E-state index in [9.17, 15) is 23.1 Å². The molecular formula is C25H30N4O5S2. The molecule has 11 heteroatoms. The second kappa shape index (κ2) is 12.1. The lowest BCUT2D eigenvalue weighted by Crippen LogP contribution is -2.39. The minimum absolute atomic E-state index is 0.0287. The number of urea groups is 1. The number of hydrogen-bond acceptors (Lipinski definition) is 6. The van der Waals surface area contributed by atoms with Crippen LogP contribution in [0.3, 0.4) is 0 Å². The number of carbonyl (C=O) groups is 2. The van der Waals surface area contributed by atoms with Crippen molar-refractivity contribution in [2.75, 3.05) is 12.8 Å². The fraction of sp³-hybridized carbons (Fsp3) is 0.320. The molecular weight excluding hydrogens is 500 g/mol. The molecule has 0 saturated carbocycles. The average Bonchev–Trinajstić information content (AvgIpc) is 3.20. The summed E-state index contributed by atoms with van der Waals surface area (Å²) in [6.45, 7) is 4.50. The third kappa shape index (κ3) is 6.27. The Kier molecular flexibility index (Phi) is 9.16. The minimum Gasteiger partial charge on any atom is -0.476 e. The first-order valence-electron chi connectivity index (χ1n) is 11.6. The number of imidazole rings is 1. The summed E-state index contributed by atoms with van der Waals surface area (Å²) in [6, 6.07) is 12.9. The number of nitrogens with zero attached hydrogens (tertiary/aromatic N) is 2. The molecule has 3 N–H and O–H groups in total. The quantitative estimate of drug-likeness (QED) is 0.314. The third-order valence-corrected chi connectivity index (χ3v) is 7.46. The van der Waals surface area contributed by atoms with Crippen LogP contribution in [-0.2, 0) is 23.0 Å². The summed E-state index contributed by atoms with van der Waals surface area (Å²) in [4.78, 5) is 28.6. The normalized spacial score (nSPS) is 11.3. The second-order valence-corrected chi connectivity index (χ2v) is 10.5.